The van der Waals surface area contributed by atoms with Crippen LogP contribution >= 0.6 is 11.6 Å². The van der Waals surface area contributed by atoms with E-state index in [1.165, 1.54) is 0 Å². The summed E-state index contributed by atoms with van der Waals surface area (Å²) in [7, 11) is 0. The molecule has 3 nitrogen and oxygen atoms in total. The van der Waals surface area contributed by atoms with Crippen LogP contribution in [0.1, 0.15) is 13.3 Å². The van der Waals surface area contributed by atoms with Crippen molar-refractivity contribution in [1.82, 2.24) is 0 Å². The molecule has 1 unspecified atom stereocenters. The van der Waals surface area contributed by atoms with Crippen LogP contribution in [0.4, 0.5) is 0 Å². The van der Waals surface area contributed by atoms with Crippen LogP contribution in [0.15, 0.2) is 0 Å². The minimum absolute atomic E-state index is 0.115. The fourth-order valence-corrected chi connectivity index (χ4v) is 0.677. The molecule has 0 bridgehead atoms. The third kappa shape index (κ3) is 3.69. The molecule has 60 valence electrons. The highest BCUT2D eigenvalue weighted by molar-refractivity contribution is 6.17. The van der Waals surface area contributed by atoms with E-state index in [4.69, 9.17) is 22.1 Å². The van der Waals surface area contributed by atoms with Crippen LogP contribution in [0.2, 0.25) is 0 Å². The van der Waals surface area contributed by atoms with E-state index < -0.39 is 0 Å². The Hall–Kier alpha value is -0.280. The lowest BCUT2D eigenvalue weighted by Crippen LogP contribution is -2.26. The Bertz CT molecular complexity index is 108. The van der Waals surface area contributed by atoms with Gasteiger partial charge >= 0.3 is 0 Å². The van der Waals surface area contributed by atoms with Crippen molar-refractivity contribution < 1.29 is 9.53 Å². The number of ether oxygens (including phenoxy) is 1. The first-order chi connectivity index (χ1) is 4.72. The van der Waals surface area contributed by atoms with Crippen LogP contribution in [-0.4, -0.2) is 18.6 Å². The quantitative estimate of drug-likeness (QED) is 0.610. The second-order valence-corrected chi connectivity index (χ2v) is 2.21. The predicted octanol–water partition coefficient (Wildman–Crippen LogP) is 0.711. The molecule has 0 aliphatic carbocycles. The second-order valence-electron chi connectivity index (χ2n) is 1.99. The molecule has 0 saturated heterocycles. The van der Waals surface area contributed by atoms with Gasteiger partial charge in [-0.25, -0.2) is 0 Å². The number of halogens is 1. The standard InChI is InChI=1S/C6H12ClNO2/c1-2-5(6(8)9)3-10-4-7/h5H,2-4H2,1H3,(H2,8,9). The highest BCUT2D eigenvalue weighted by Gasteiger charge is 2.11. The summed E-state index contributed by atoms with van der Waals surface area (Å²) in [5.74, 6) is -0.522. The number of alkyl halides is 1. The number of nitrogens with two attached hydrogens (primary N) is 1. The SMILES string of the molecule is CCC(COCCl)C(N)=O. The van der Waals surface area contributed by atoms with Crippen molar-refractivity contribution in [3.8, 4) is 0 Å². The Kier molecular flexibility index (Phi) is 5.35. The first-order valence-electron chi connectivity index (χ1n) is 3.15. The molecule has 2 N–H and O–H groups in total. The van der Waals surface area contributed by atoms with Gasteiger partial charge in [0, 0.05) is 0 Å². The summed E-state index contributed by atoms with van der Waals surface area (Å²) in [4.78, 5) is 10.5. The smallest absolute Gasteiger partial charge is 0.222 e. The summed E-state index contributed by atoms with van der Waals surface area (Å²) in [6.07, 6.45) is 0.701. The number of rotatable bonds is 5. The fourth-order valence-electron chi connectivity index (χ4n) is 0.588. The number of amides is 1. The van der Waals surface area contributed by atoms with Crippen LogP contribution in [0, 0.1) is 5.92 Å². The van der Waals surface area contributed by atoms with E-state index in [1.807, 2.05) is 6.92 Å². The molecular formula is C6H12ClNO2. The van der Waals surface area contributed by atoms with E-state index in [0.29, 0.717) is 13.0 Å². The van der Waals surface area contributed by atoms with Gasteiger partial charge in [0.05, 0.1) is 12.5 Å². The molecule has 0 aliphatic rings. The molecule has 0 spiro atoms. The van der Waals surface area contributed by atoms with Gasteiger partial charge in [-0.3, -0.25) is 4.79 Å². The number of hydrogen-bond donors (Lipinski definition) is 1. The Balaban J connectivity index is 3.50. The highest BCUT2D eigenvalue weighted by atomic mass is 35.5. The van der Waals surface area contributed by atoms with Gasteiger partial charge in [-0.2, -0.15) is 0 Å². The van der Waals surface area contributed by atoms with Crippen molar-refractivity contribution in [2.24, 2.45) is 11.7 Å². The van der Waals surface area contributed by atoms with Crippen molar-refractivity contribution >= 4 is 17.5 Å². The van der Waals surface area contributed by atoms with Gasteiger partial charge in [0.15, 0.2) is 0 Å². The van der Waals surface area contributed by atoms with Crippen molar-refractivity contribution in [2.75, 3.05) is 12.7 Å². The predicted molar refractivity (Wildman–Crippen MR) is 39.6 cm³/mol. The molecule has 1 atom stereocenters. The van der Waals surface area contributed by atoms with Crippen molar-refractivity contribution in [3.63, 3.8) is 0 Å². The van der Waals surface area contributed by atoms with Gasteiger partial charge in [0.25, 0.3) is 0 Å². The maximum absolute atomic E-state index is 10.5. The average Bonchev–Trinajstić information content (AvgIpc) is 1.89. The Morgan fingerprint density at radius 3 is 2.70 bits per heavy atom. The van der Waals surface area contributed by atoms with E-state index in [-0.39, 0.29) is 17.9 Å². The topological polar surface area (TPSA) is 52.3 Å². The van der Waals surface area contributed by atoms with Crippen molar-refractivity contribution in [1.29, 1.82) is 0 Å². The normalized spacial score (nSPS) is 13.0. The summed E-state index contributed by atoms with van der Waals surface area (Å²) in [5.41, 5.74) is 5.03. The summed E-state index contributed by atoms with van der Waals surface area (Å²) in [6, 6.07) is 0.115. The lowest BCUT2D eigenvalue weighted by molar-refractivity contribution is -0.123. The molecule has 0 radical (unpaired) electrons. The van der Waals surface area contributed by atoms with E-state index in [9.17, 15) is 4.79 Å². The zero-order chi connectivity index (χ0) is 7.98. The van der Waals surface area contributed by atoms with Gasteiger partial charge in [0.1, 0.15) is 6.07 Å². The zero-order valence-corrected chi connectivity index (χ0v) is 6.73. The lowest BCUT2D eigenvalue weighted by Gasteiger charge is -2.08. The summed E-state index contributed by atoms with van der Waals surface area (Å²) < 4.78 is 4.81. The summed E-state index contributed by atoms with van der Waals surface area (Å²) in [5, 5.41) is 0. The van der Waals surface area contributed by atoms with Crippen molar-refractivity contribution in [3.05, 3.63) is 0 Å². The molecule has 0 fully saturated rings. The van der Waals surface area contributed by atoms with Gasteiger partial charge in [-0.15, -0.1) is 0 Å². The fraction of sp³-hybridized carbons (Fsp3) is 0.833. The van der Waals surface area contributed by atoms with E-state index in [0.717, 1.165) is 0 Å². The Morgan fingerprint density at radius 2 is 2.40 bits per heavy atom. The molecule has 4 heteroatoms. The zero-order valence-electron chi connectivity index (χ0n) is 5.97. The van der Waals surface area contributed by atoms with Crippen LogP contribution in [0.5, 0.6) is 0 Å². The van der Waals surface area contributed by atoms with Gasteiger partial charge < -0.3 is 10.5 Å². The molecule has 0 aromatic rings. The van der Waals surface area contributed by atoms with Gasteiger partial charge in [-0.1, -0.05) is 18.5 Å². The molecule has 1 amide bonds. The molecule has 0 saturated carbocycles. The number of carbonyl (C=O) groups excluding carboxylic acids is 1. The summed E-state index contributed by atoms with van der Waals surface area (Å²) in [6.45, 7) is 2.21. The van der Waals surface area contributed by atoms with Crippen LogP contribution in [-0.2, 0) is 9.53 Å². The van der Waals surface area contributed by atoms with Crippen LogP contribution in [0.3, 0.4) is 0 Å². The average molecular weight is 166 g/mol. The maximum atomic E-state index is 10.5. The number of carbonyl (C=O) groups is 1. The van der Waals surface area contributed by atoms with Gasteiger partial charge in [-0.05, 0) is 6.42 Å². The lowest BCUT2D eigenvalue weighted by atomic mass is 10.1. The van der Waals surface area contributed by atoms with E-state index in [1.54, 1.807) is 0 Å². The van der Waals surface area contributed by atoms with E-state index in [2.05, 4.69) is 0 Å². The third-order valence-electron chi connectivity index (χ3n) is 1.29. The first-order valence-corrected chi connectivity index (χ1v) is 3.68. The van der Waals surface area contributed by atoms with Crippen molar-refractivity contribution in [2.45, 2.75) is 13.3 Å². The number of primary amides is 1. The largest absolute Gasteiger partial charge is 0.369 e. The highest BCUT2D eigenvalue weighted by Crippen LogP contribution is 2.01. The Labute approximate surface area is 65.5 Å². The van der Waals surface area contributed by atoms with E-state index >= 15 is 0 Å². The molecule has 0 rings (SSSR count). The minimum Gasteiger partial charge on any atom is -0.369 e. The molecule has 10 heavy (non-hydrogen) atoms. The minimum atomic E-state index is -0.326. The van der Waals surface area contributed by atoms with Gasteiger partial charge in [0.2, 0.25) is 5.91 Å². The first kappa shape index (κ1) is 9.72. The third-order valence-corrected chi connectivity index (χ3v) is 1.45. The Morgan fingerprint density at radius 1 is 1.80 bits per heavy atom. The second kappa shape index (κ2) is 5.50. The van der Waals surface area contributed by atoms with Crippen LogP contribution < -0.4 is 5.73 Å². The maximum Gasteiger partial charge on any atom is 0.222 e. The molecule has 0 aliphatic heterocycles. The molecular weight excluding hydrogens is 154 g/mol. The summed E-state index contributed by atoms with van der Waals surface area (Å²) >= 11 is 5.23. The molecule has 0 aromatic carbocycles. The monoisotopic (exact) mass is 165 g/mol. The number of hydrogen-bond acceptors (Lipinski definition) is 2. The molecule has 0 aromatic heterocycles. The molecule has 0 heterocycles. The van der Waals surface area contributed by atoms with Crippen LogP contribution in [0.25, 0.3) is 0 Å².